The molecule has 0 atom stereocenters. The van der Waals surface area contributed by atoms with E-state index >= 15 is 0 Å². The molecule has 0 aliphatic rings. The van der Waals surface area contributed by atoms with Gasteiger partial charge in [-0.2, -0.15) is 0 Å². The molecule has 0 bridgehead atoms. The van der Waals surface area contributed by atoms with Gasteiger partial charge in [-0.3, -0.25) is 0 Å². The van der Waals surface area contributed by atoms with Crippen LogP contribution in [0.2, 0.25) is 0 Å². The highest BCUT2D eigenvalue weighted by Crippen LogP contribution is 2.42. The molecule has 8 rings (SSSR count). The lowest BCUT2D eigenvalue weighted by Gasteiger charge is -2.13. The van der Waals surface area contributed by atoms with Crippen LogP contribution in [0.3, 0.4) is 0 Å². The topological polar surface area (TPSA) is 9.86 Å². The summed E-state index contributed by atoms with van der Waals surface area (Å²) in [6.07, 6.45) is 10.1. The Morgan fingerprint density at radius 3 is 1.14 bits per heavy atom. The lowest BCUT2D eigenvalue weighted by atomic mass is 10.0. The van der Waals surface area contributed by atoms with E-state index in [-0.39, 0.29) is 0 Å². The number of benzene rings is 6. The zero-order chi connectivity index (χ0) is 29.6. The first-order chi connectivity index (χ1) is 21.8. The van der Waals surface area contributed by atoms with Crippen molar-refractivity contribution in [1.29, 1.82) is 0 Å². The molecule has 0 saturated carbocycles. The number of hydrogen-bond donors (Lipinski definition) is 0. The Hall–Kier alpha value is -4.30. The molecule has 8 aromatic rings. The number of hydrogen-bond acceptors (Lipinski definition) is 0. The van der Waals surface area contributed by atoms with Gasteiger partial charge >= 0.3 is 0 Å². The summed E-state index contributed by atoms with van der Waals surface area (Å²) in [5, 5.41) is 13.6. The minimum Gasteiger partial charge on any atom is -0.340 e. The summed E-state index contributed by atoms with van der Waals surface area (Å²) in [7, 11) is 0. The average molecular weight is 575 g/mol. The van der Waals surface area contributed by atoms with E-state index in [4.69, 9.17) is 0 Å². The lowest BCUT2D eigenvalue weighted by molar-refractivity contribution is 0.602. The molecule has 0 unspecified atom stereocenters. The molecule has 0 aliphatic heterocycles. The molecule has 0 amide bonds. The number of aryl methyl sites for hydroxylation is 2. The fraction of sp³-hybridized carbons (Fsp3) is 0.286. The van der Waals surface area contributed by atoms with Crippen LogP contribution in [-0.4, -0.2) is 9.13 Å². The number of nitrogens with zero attached hydrogens (tertiary/aromatic N) is 2. The van der Waals surface area contributed by atoms with E-state index in [0.717, 1.165) is 13.1 Å². The van der Waals surface area contributed by atoms with Crippen LogP contribution < -0.4 is 0 Å². The number of unbranched alkanes of at least 4 members (excludes halogenated alkanes) is 6. The predicted octanol–water partition coefficient (Wildman–Crippen LogP) is 12.5. The second-order valence-corrected chi connectivity index (χ2v) is 12.9. The summed E-state index contributed by atoms with van der Waals surface area (Å²) >= 11 is 0. The molecular weight excluding hydrogens is 532 g/mol. The number of fused-ring (bicyclic) bond motifs is 11. The quantitative estimate of drug-likeness (QED) is 0.144. The predicted molar refractivity (Wildman–Crippen MR) is 193 cm³/mol. The summed E-state index contributed by atoms with van der Waals surface area (Å²) in [6, 6.07) is 37.1. The van der Waals surface area contributed by atoms with Crippen molar-refractivity contribution in [2.45, 2.75) is 78.3 Å². The van der Waals surface area contributed by atoms with Gasteiger partial charge in [-0.1, -0.05) is 125 Å². The summed E-state index contributed by atoms with van der Waals surface area (Å²) in [5.41, 5.74) is 5.54. The molecule has 2 nitrogen and oxygen atoms in total. The third-order valence-electron chi connectivity index (χ3n) is 10.0. The van der Waals surface area contributed by atoms with Crippen molar-refractivity contribution >= 4 is 75.9 Å². The van der Waals surface area contributed by atoms with Crippen LogP contribution in [0, 0.1) is 0 Å². The van der Waals surface area contributed by atoms with Gasteiger partial charge in [0.25, 0.3) is 0 Å². The first-order valence-corrected chi connectivity index (χ1v) is 17.0. The van der Waals surface area contributed by atoms with Gasteiger partial charge < -0.3 is 9.13 Å². The van der Waals surface area contributed by atoms with E-state index in [1.807, 2.05) is 0 Å². The maximum Gasteiger partial charge on any atom is 0.0571 e. The third-order valence-corrected chi connectivity index (χ3v) is 10.0. The molecule has 2 heterocycles. The van der Waals surface area contributed by atoms with Crippen molar-refractivity contribution in [2.75, 3.05) is 0 Å². The van der Waals surface area contributed by atoms with Crippen LogP contribution in [0.25, 0.3) is 75.9 Å². The minimum atomic E-state index is 1.06. The summed E-state index contributed by atoms with van der Waals surface area (Å²) < 4.78 is 5.31. The van der Waals surface area contributed by atoms with E-state index in [9.17, 15) is 0 Å². The number of aromatic nitrogens is 2. The standard InChI is InChI=1S/C42H42N2/c1-3-5-7-13-23-43-39-27-31-17-11-9-15-29(31)25-37(39)35-21-20-34-33(41(35)43)19-22-36-38-26-30-16-10-12-18-32(30)28-40(38)44(42(34)36)24-14-8-6-4-2/h9-12,15-22,25-28H,3-8,13-14,23-24H2,1-2H3. The summed E-state index contributed by atoms with van der Waals surface area (Å²) in [4.78, 5) is 0. The highest BCUT2D eigenvalue weighted by atomic mass is 15.0. The fourth-order valence-electron chi connectivity index (χ4n) is 7.82. The van der Waals surface area contributed by atoms with E-state index in [1.54, 1.807) is 0 Å². The molecule has 0 spiro atoms. The molecular formula is C42H42N2. The molecule has 2 aromatic heterocycles. The SMILES string of the molecule is CCCCCCn1c2cc3ccccc3cc2c2ccc3c(ccc4c5cc6ccccc6cc5n(CCCCCC)c43)c21. The first-order valence-electron chi connectivity index (χ1n) is 17.0. The van der Waals surface area contributed by atoms with Gasteiger partial charge in [-0.25, -0.2) is 0 Å². The Balaban J connectivity index is 1.44. The van der Waals surface area contributed by atoms with Crippen molar-refractivity contribution in [3.63, 3.8) is 0 Å². The molecule has 0 saturated heterocycles. The summed E-state index contributed by atoms with van der Waals surface area (Å²) in [6.45, 7) is 6.72. The Bertz CT molecular complexity index is 2150. The van der Waals surface area contributed by atoms with Crippen molar-refractivity contribution in [3.8, 4) is 0 Å². The molecule has 0 radical (unpaired) electrons. The van der Waals surface area contributed by atoms with Crippen LogP contribution in [0.4, 0.5) is 0 Å². The van der Waals surface area contributed by atoms with Crippen molar-refractivity contribution in [3.05, 3.63) is 97.1 Å². The highest BCUT2D eigenvalue weighted by Gasteiger charge is 2.19. The molecule has 220 valence electrons. The second-order valence-electron chi connectivity index (χ2n) is 12.9. The van der Waals surface area contributed by atoms with E-state index in [0.29, 0.717) is 0 Å². The van der Waals surface area contributed by atoms with Crippen LogP contribution >= 0.6 is 0 Å². The smallest absolute Gasteiger partial charge is 0.0571 e. The zero-order valence-electron chi connectivity index (χ0n) is 26.2. The average Bonchev–Trinajstić information content (AvgIpc) is 3.54. The monoisotopic (exact) mass is 574 g/mol. The van der Waals surface area contributed by atoms with Crippen molar-refractivity contribution in [1.82, 2.24) is 9.13 Å². The molecule has 0 N–H and O–H groups in total. The van der Waals surface area contributed by atoms with Crippen LogP contribution in [-0.2, 0) is 13.1 Å². The van der Waals surface area contributed by atoms with E-state index < -0.39 is 0 Å². The molecule has 0 fully saturated rings. The van der Waals surface area contributed by atoms with Gasteiger partial charge in [0, 0.05) is 56.4 Å². The summed E-state index contributed by atoms with van der Waals surface area (Å²) in [5.74, 6) is 0. The van der Waals surface area contributed by atoms with E-state index in [2.05, 4.69) is 120 Å². The van der Waals surface area contributed by atoms with Gasteiger partial charge in [0.1, 0.15) is 0 Å². The van der Waals surface area contributed by atoms with Crippen molar-refractivity contribution < 1.29 is 0 Å². The Morgan fingerprint density at radius 2 is 0.750 bits per heavy atom. The lowest BCUT2D eigenvalue weighted by Crippen LogP contribution is -2.00. The maximum atomic E-state index is 2.66. The van der Waals surface area contributed by atoms with Gasteiger partial charge in [0.05, 0.1) is 11.0 Å². The highest BCUT2D eigenvalue weighted by molar-refractivity contribution is 6.26. The van der Waals surface area contributed by atoms with Gasteiger partial charge in [-0.05, 0) is 58.7 Å². The van der Waals surface area contributed by atoms with Crippen LogP contribution in [0.1, 0.15) is 65.2 Å². The minimum absolute atomic E-state index is 1.06. The Kier molecular flexibility index (Phi) is 7.02. The normalized spacial score (nSPS) is 12.3. The van der Waals surface area contributed by atoms with Gasteiger partial charge in [0.15, 0.2) is 0 Å². The molecule has 2 heteroatoms. The van der Waals surface area contributed by atoms with Crippen LogP contribution in [0.15, 0.2) is 97.1 Å². The zero-order valence-corrected chi connectivity index (χ0v) is 26.2. The fourth-order valence-corrected chi connectivity index (χ4v) is 7.82. The van der Waals surface area contributed by atoms with Gasteiger partial charge in [-0.15, -0.1) is 0 Å². The largest absolute Gasteiger partial charge is 0.340 e. The molecule has 44 heavy (non-hydrogen) atoms. The number of rotatable bonds is 10. The third kappa shape index (κ3) is 4.38. The Labute approximate surface area is 259 Å². The first kappa shape index (κ1) is 27.3. The maximum absolute atomic E-state index is 2.66. The second kappa shape index (κ2) is 11.3. The van der Waals surface area contributed by atoms with E-state index in [1.165, 1.54) is 127 Å². The Morgan fingerprint density at radius 1 is 0.386 bits per heavy atom. The van der Waals surface area contributed by atoms with Crippen LogP contribution in [0.5, 0.6) is 0 Å². The van der Waals surface area contributed by atoms with Gasteiger partial charge in [0.2, 0.25) is 0 Å². The molecule has 0 aliphatic carbocycles. The van der Waals surface area contributed by atoms with Crippen molar-refractivity contribution in [2.24, 2.45) is 0 Å². The molecule has 6 aromatic carbocycles.